The fraction of sp³-hybridized carbons (Fsp3) is 0.333. The van der Waals surface area contributed by atoms with Crippen molar-refractivity contribution in [2.24, 2.45) is 5.73 Å². The van der Waals surface area contributed by atoms with Crippen molar-refractivity contribution in [2.75, 3.05) is 19.6 Å². The average molecular weight is 342 g/mol. The second-order valence-electron chi connectivity index (χ2n) is 5.88. The average Bonchev–Trinajstić information content (AvgIpc) is 2.95. The first-order valence-electron chi connectivity index (χ1n) is 8.10. The summed E-state index contributed by atoms with van der Waals surface area (Å²) in [6.07, 6.45) is 0.959. The third kappa shape index (κ3) is 3.90. The zero-order valence-electron chi connectivity index (χ0n) is 13.8. The molecule has 2 heterocycles. The van der Waals surface area contributed by atoms with Crippen LogP contribution in [0.25, 0.3) is 4.96 Å². The van der Waals surface area contributed by atoms with E-state index < -0.39 is 0 Å². The maximum absolute atomic E-state index is 12.3. The van der Waals surface area contributed by atoms with Crippen LogP contribution in [0, 0.1) is 6.92 Å². The zero-order chi connectivity index (χ0) is 16.9. The molecular formula is C18H22N4OS. The first-order chi connectivity index (χ1) is 11.7. The molecule has 0 bridgehead atoms. The molecule has 0 unspecified atom stereocenters. The number of thiazole rings is 1. The maximum Gasteiger partial charge on any atom is 0.259 e. The molecule has 0 radical (unpaired) electrons. The van der Waals surface area contributed by atoms with Crippen LogP contribution in [0.15, 0.2) is 46.6 Å². The van der Waals surface area contributed by atoms with Gasteiger partial charge >= 0.3 is 0 Å². The van der Waals surface area contributed by atoms with E-state index in [1.165, 1.54) is 16.9 Å². The number of fused-ring (bicyclic) bond motifs is 1. The quantitative estimate of drug-likeness (QED) is 0.714. The van der Waals surface area contributed by atoms with Gasteiger partial charge in [0, 0.05) is 43.3 Å². The Bertz CT molecular complexity index is 856. The van der Waals surface area contributed by atoms with Crippen molar-refractivity contribution in [2.45, 2.75) is 19.9 Å². The SMILES string of the molecule is Cc1csc2nc(CN(CCN)CCc3ccccc3)cc(=O)n12. The maximum atomic E-state index is 12.3. The summed E-state index contributed by atoms with van der Waals surface area (Å²) >= 11 is 1.50. The molecule has 0 saturated carbocycles. The van der Waals surface area contributed by atoms with Crippen molar-refractivity contribution in [3.8, 4) is 0 Å². The van der Waals surface area contributed by atoms with Crippen LogP contribution in [-0.4, -0.2) is 33.9 Å². The zero-order valence-corrected chi connectivity index (χ0v) is 14.6. The fourth-order valence-corrected chi connectivity index (χ4v) is 3.69. The third-order valence-corrected chi connectivity index (χ3v) is 4.96. The van der Waals surface area contributed by atoms with Gasteiger partial charge in [0.2, 0.25) is 0 Å². The normalized spacial score (nSPS) is 11.5. The van der Waals surface area contributed by atoms with Gasteiger partial charge in [-0.15, -0.1) is 11.3 Å². The van der Waals surface area contributed by atoms with E-state index in [0.29, 0.717) is 13.1 Å². The number of rotatable bonds is 7. The van der Waals surface area contributed by atoms with Crippen LogP contribution in [-0.2, 0) is 13.0 Å². The van der Waals surface area contributed by atoms with E-state index in [2.05, 4.69) is 34.1 Å². The van der Waals surface area contributed by atoms with Gasteiger partial charge in [0.05, 0.1) is 5.69 Å². The van der Waals surface area contributed by atoms with Crippen molar-refractivity contribution < 1.29 is 0 Å². The first-order valence-corrected chi connectivity index (χ1v) is 8.98. The van der Waals surface area contributed by atoms with E-state index in [-0.39, 0.29) is 5.56 Å². The number of aryl methyl sites for hydroxylation is 1. The van der Waals surface area contributed by atoms with Gasteiger partial charge in [-0.05, 0) is 18.9 Å². The van der Waals surface area contributed by atoms with E-state index in [1.54, 1.807) is 10.5 Å². The lowest BCUT2D eigenvalue weighted by Crippen LogP contribution is -2.32. The summed E-state index contributed by atoms with van der Waals surface area (Å²) in [6.45, 7) is 4.84. The Balaban J connectivity index is 1.74. The molecule has 0 atom stereocenters. The smallest absolute Gasteiger partial charge is 0.259 e. The minimum atomic E-state index is -0.00971. The van der Waals surface area contributed by atoms with Gasteiger partial charge in [0.15, 0.2) is 4.96 Å². The Kier molecular flexibility index (Phi) is 5.40. The molecule has 3 rings (SSSR count). The van der Waals surface area contributed by atoms with Crippen LogP contribution in [0.3, 0.4) is 0 Å². The molecule has 24 heavy (non-hydrogen) atoms. The van der Waals surface area contributed by atoms with E-state index in [9.17, 15) is 4.79 Å². The van der Waals surface area contributed by atoms with Gasteiger partial charge < -0.3 is 5.73 Å². The predicted molar refractivity (Wildman–Crippen MR) is 98.6 cm³/mol. The van der Waals surface area contributed by atoms with Gasteiger partial charge in [-0.3, -0.25) is 14.1 Å². The molecule has 0 aliphatic heterocycles. The van der Waals surface area contributed by atoms with E-state index in [4.69, 9.17) is 5.73 Å². The molecule has 2 N–H and O–H groups in total. The van der Waals surface area contributed by atoms with Gasteiger partial charge in [0.25, 0.3) is 5.56 Å². The highest BCUT2D eigenvalue weighted by atomic mass is 32.1. The Morgan fingerprint density at radius 2 is 2.04 bits per heavy atom. The second-order valence-corrected chi connectivity index (χ2v) is 6.72. The molecule has 6 heteroatoms. The summed E-state index contributed by atoms with van der Waals surface area (Å²) in [5.74, 6) is 0. The summed E-state index contributed by atoms with van der Waals surface area (Å²) < 4.78 is 1.66. The Morgan fingerprint density at radius 3 is 2.79 bits per heavy atom. The van der Waals surface area contributed by atoms with Crippen molar-refractivity contribution in [1.29, 1.82) is 0 Å². The highest BCUT2D eigenvalue weighted by Gasteiger charge is 2.10. The third-order valence-electron chi connectivity index (χ3n) is 4.02. The molecule has 0 aliphatic rings. The molecular weight excluding hydrogens is 320 g/mol. The van der Waals surface area contributed by atoms with Gasteiger partial charge in [-0.2, -0.15) is 0 Å². The fourth-order valence-electron chi connectivity index (χ4n) is 2.80. The van der Waals surface area contributed by atoms with Crippen LogP contribution in [0.5, 0.6) is 0 Å². The molecule has 0 amide bonds. The van der Waals surface area contributed by atoms with Crippen molar-refractivity contribution in [1.82, 2.24) is 14.3 Å². The van der Waals surface area contributed by atoms with Crippen LogP contribution in [0.4, 0.5) is 0 Å². The minimum absolute atomic E-state index is 0.00971. The molecule has 2 aromatic heterocycles. The van der Waals surface area contributed by atoms with Gasteiger partial charge in [0.1, 0.15) is 0 Å². The van der Waals surface area contributed by atoms with Crippen LogP contribution in [0.1, 0.15) is 17.0 Å². The Morgan fingerprint density at radius 1 is 1.25 bits per heavy atom. The predicted octanol–water partition coefficient (Wildman–Crippen LogP) is 2.07. The summed E-state index contributed by atoms with van der Waals surface area (Å²) in [5, 5.41) is 1.96. The number of benzene rings is 1. The molecule has 0 fully saturated rings. The molecule has 1 aromatic carbocycles. The van der Waals surface area contributed by atoms with Crippen molar-refractivity contribution in [3.05, 3.63) is 69.1 Å². The number of aromatic nitrogens is 2. The molecule has 0 aliphatic carbocycles. The first kappa shape index (κ1) is 16.8. The lowest BCUT2D eigenvalue weighted by atomic mass is 10.1. The topological polar surface area (TPSA) is 63.6 Å². The van der Waals surface area contributed by atoms with Crippen molar-refractivity contribution in [3.63, 3.8) is 0 Å². The monoisotopic (exact) mass is 342 g/mol. The highest BCUT2D eigenvalue weighted by molar-refractivity contribution is 7.15. The summed E-state index contributed by atoms with van der Waals surface area (Å²) in [6, 6.07) is 12.0. The summed E-state index contributed by atoms with van der Waals surface area (Å²) in [5.41, 5.74) is 8.78. The number of nitrogens with two attached hydrogens (primary N) is 1. The molecule has 5 nitrogen and oxygen atoms in total. The largest absolute Gasteiger partial charge is 0.329 e. The highest BCUT2D eigenvalue weighted by Crippen LogP contribution is 2.12. The second kappa shape index (κ2) is 7.70. The standard InChI is InChI=1S/C18H22N4OS/c1-14-13-24-18-20-16(11-17(23)22(14)18)12-21(10-8-19)9-7-15-5-3-2-4-6-15/h2-6,11,13H,7-10,12,19H2,1H3. The number of nitrogens with zero attached hydrogens (tertiary/aromatic N) is 3. The molecule has 0 spiro atoms. The van der Waals surface area contributed by atoms with Gasteiger partial charge in [-0.1, -0.05) is 30.3 Å². The van der Waals surface area contributed by atoms with E-state index in [1.807, 2.05) is 18.4 Å². The van der Waals surface area contributed by atoms with E-state index in [0.717, 1.165) is 35.9 Å². The molecule has 126 valence electrons. The molecule has 3 aromatic rings. The Hall–Kier alpha value is -2.02. The lowest BCUT2D eigenvalue weighted by Gasteiger charge is -2.21. The summed E-state index contributed by atoms with van der Waals surface area (Å²) in [7, 11) is 0. The number of hydrogen-bond acceptors (Lipinski definition) is 5. The van der Waals surface area contributed by atoms with Crippen LogP contribution >= 0.6 is 11.3 Å². The summed E-state index contributed by atoms with van der Waals surface area (Å²) in [4.78, 5) is 19.9. The van der Waals surface area contributed by atoms with E-state index >= 15 is 0 Å². The lowest BCUT2D eigenvalue weighted by molar-refractivity contribution is 0.273. The minimum Gasteiger partial charge on any atom is -0.329 e. The van der Waals surface area contributed by atoms with Crippen molar-refractivity contribution >= 4 is 16.3 Å². The van der Waals surface area contributed by atoms with Gasteiger partial charge in [-0.25, -0.2) is 4.98 Å². The molecule has 0 saturated heterocycles. The van der Waals surface area contributed by atoms with Crippen LogP contribution < -0.4 is 11.3 Å². The Labute approximate surface area is 145 Å². The number of hydrogen-bond donors (Lipinski definition) is 1. The van der Waals surface area contributed by atoms with Crippen LogP contribution in [0.2, 0.25) is 0 Å².